The summed E-state index contributed by atoms with van der Waals surface area (Å²) in [5, 5.41) is 0. The molecule has 1 aromatic carbocycles. The van der Waals surface area contributed by atoms with Crippen LogP contribution in [-0.4, -0.2) is 0 Å². The van der Waals surface area contributed by atoms with Crippen molar-refractivity contribution in [1.82, 2.24) is 0 Å². The molecular weight excluding hydrogens is 146 g/mol. The van der Waals surface area contributed by atoms with E-state index in [0.717, 1.165) is 0 Å². The van der Waals surface area contributed by atoms with Gasteiger partial charge >= 0.3 is 0 Å². The van der Waals surface area contributed by atoms with Crippen LogP contribution in [0.1, 0.15) is 22.7 Å². The summed E-state index contributed by atoms with van der Waals surface area (Å²) in [6.07, 6.45) is 1.77. The minimum absolute atomic E-state index is 0.0371. The molecule has 0 saturated carbocycles. The Labute approximate surface area is 73.9 Å². The molecule has 1 nitrogen and oxygen atoms in total. The van der Waals surface area contributed by atoms with Gasteiger partial charge in [0.1, 0.15) is 0 Å². The van der Waals surface area contributed by atoms with Gasteiger partial charge in [0.15, 0.2) is 0 Å². The fraction of sp³-hybridized carbons (Fsp3) is 0.273. The fourth-order valence-electron chi connectivity index (χ4n) is 1.25. The molecule has 2 N–H and O–H groups in total. The molecule has 0 aliphatic heterocycles. The van der Waals surface area contributed by atoms with Gasteiger partial charge in [-0.05, 0) is 25.0 Å². The Balaban J connectivity index is 3.12. The molecule has 0 fully saturated rings. The van der Waals surface area contributed by atoms with Crippen molar-refractivity contribution in [3.63, 3.8) is 0 Å². The zero-order valence-corrected chi connectivity index (χ0v) is 7.67. The summed E-state index contributed by atoms with van der Waals surface area (Å²) in [5.74, 6) is 0. The van der Waals surface area contributed by atoms with E-state index in [4.69, 9.17) is 5.73 Å². The number of benzene rings is 1. The van der Waals surface area contributed by atoms with Gasteiger partial charge in [-0.1, -0.05) is 29.8 Å². The molecule has 1 aromatic rings. The Bertz CT molecular complexity index is 289. The van der Waals surface area contributed by atoms with Crippen LogP contribution in [0.2, 0.25) is 0 Å². The maximum Gasteiger partial charge on any atom is 0.0481 e. The van der Waals surface area contributed by atoms with E-state index in [2.05, 4.69) is 38.6 Å². The van der Waals surface area contributed by atoms with Crippen molar-refractivity contribution in [2.24, 2.45) is 5.73 Å². The highest BCUT2D eigenvalue weighted by molar-refractivity contribution is 5.34. The van der Waals surface area contributed by atoms with Gasteiger partial charge in [0.25, 0.3) is 0 Å². The molecule has 1 atom stereocenters. The van der Waals surface area contributed by atoms with Crippen molar-refractivity contribution in [3.05, 3.63) is 47.5 Å². The lowest BCUT2D eigenvalue weighted by molar-refractivity contribution is 0.900. The number of aryl methyl sites for hydroxylation is 2. The molecule has 0 spiro atoms. The fourth-order valence-corrected chi connectivity index (χ4v) is 1.25. The first kappa shape index (κ1) is 9.01. The van der Waals surface area contributed by atoms with E-state index in [1.54, 1.807) is 6.08 Å². The Morgan fingerprint density at radius 3 is 2.67 bits per heavy atom. The van der Waals surface area contributed by atoms with E-state index in [1.807, 2.05) is 0 Å². The maximum absolute atomic E-state index is 5.85. The van der Waals surface area contributed by atoms with Crippen molar-refractivity contribution in [2.75, 3.05) is 0 Å². The minimum atomic E-state index is -0.0371. The lowest BCUT2D eigenvalue weighted by atomic mass is 10.00. The van der Waals surface area contributed by atoms with Gasteiger partial charge in [-0.25, -0.2) is 0 Å². The minimum Gasteiger partial charge on any atom is -0.321 e. The second-order valence-electron chi connectivity index (χ2n) is 3.12. The lowest BCUT2D eigenvalue weighted by Gasteiger charge is -2.10. The highest BCUT2D eigenvalue weighted by Crippen LogP contribution is 2.17. The van der Waals surface area contributed by atoms with Crippen LogP contribution >= 0.6 is 0 Å². The van der Waals surface area contributed by atoms with Gasteiger partial charge in [-0.2, -0.15) is 0 Å². The molecule has 0 radical (unpaired) electrons. The molecule has 1 unspecified atom stereocenters. The highest BCUT2D eigenvalue weighted by atomic mass is 14.6. The van der Waals surface area contributed by atoms with E-state index in [-0.39, 0.29) is 6.04 Å². The molecule has 0 aromatic heterocycles. The van der Waals surface area contributed by atoms with Crippen LogP contribution in [0.4, 0.5) is 0 Å². The zero-order chi connectivity index (χ0) is 9.14. The summed E-state index contributed by atoms with van der Waals surface area (Å²) in [7, 11) is 0. The standard InChI is InChI=1S/C11H15N/c1-4-11(12)10-7-8(2)5-6-9(10)3/h4-7,11H,1,12H2,2-3H3. The Hall–Kier alpha value is -1.08. The molecule has 0 aliphatic carbocycles. The molecule has 12 heavy (non-hydrogen) atoms. The first-order valence-corrected chi connectivity index (χ1v) is 4.10. The topological polar surface area (TPSA) is 26.0 Å². The van der Waals surface area contributed by atoms with Crippen molar-refractivity contribution >= 4 is 0 Å². The summed E-state index contributed by atoms with van der Waals surface area (Å²) >= 11 is 0. The first-order valence-electron chi connectivity index (χ1n) is 4.10. The monoisotopic (exact) mass is 161 g/mol. The number of hydrogen-bond acceptors (Lipinski definition) is 1. The Morgan fingerprint density at radius 1 is 1.42 bits per heavy atom. The highest BCUT2D eigenvalue weighted by Gasteiger charge is 2.03. The smallest absolute Gasteiger partial charge is 0.0481 e. The van der Waals surface area contributed by atoms with Crippen LogP contribution in [0.3, 0.4) is 0 Å². The van der Waals surface area contributed by atoms with Gasteiger partial charge in [-0.15, -0.1) is 6.58 Å². The summed E-state index contributed by atoms with van der Waals surface area (Å²) in [6, 6.07) is 6.26. The van der Waals surface area contributed by atoms with E-state index >= 15 is 0 Å². The first-order chi connectivity index (χ1) is 5.65. The largest absolute Gasteiger partial charge is 0.321 e. The molecular formula is C11H15N. The lowest BCUT2D eigenvalue weighted by Crippen LogP contribution is -2.08. The summed E-state index contributed by atoms with van der Waals surface area (Å²) in [6.45, 7) is 7.82. The molecule has 0 amide bonds. The van der Waals surface area contributed by atoms with Crippen molar-refractivity contribution in [2.45, 2.75) is 19.9 Å². The molecule has 0 heterocycles. The molecule has 1 rings (SSSR count). The van der Waals surface area contributed by atoms with Crippen LogP contribution in [0.5, 0.6) is 0 Å². The Morgan fingerprint density at radius 2 is 2.08 bits per heavy atom. The third-order valence-corrected chi connectivity index (χ3v) is 2.05. The summed E-state index contributed by atoms with van der Waals surface area (Å²) < 4.78 is 0. The number of nitrogens with two attached hydrogens (primary N) is 1. The quantitative estimate of drug-likeness (QED) is 0.662. The molecule has 0 aliphatic rings. The maximum atomic E-state index is 5.85. The van der Waals surface area contributed by atoms with Gasteiger partial charge in [0.05, 0.1) is 0 Å². The van der Waals surface area contributed by atoms with Crippen LogP contribution in [0, 0.1) is 13.8 Å². The molecule has 0 bridgehead atoms. The molecule has 64 valence electrons. The average molecular weight is 161 g/mol. The van der Waals surface area contributed by atoms with Crippen LogP contribution in [-0.2, 0) is 0 Å². The second-order valence-corrected chi connectivity index (χ2v) is 3.12. The van der Waals surface area contributed by atoms with Crippen LogP contribution in [0.15, 0.2) is 30.9 Å². The zero-order valence-electron chi connectivity index (χ0n) is 7.67. The van der Waals surface area contributed by atoms with Gasteiger partial charge < -0.3 is 5.73 Å². The Kier molecular flexibility index (Phi) is 2.66. The third-order valence-electron chi connectivity index (χ3n) is 2.05. The normalized spacial score (nSPS) is 12.6. The van der Waals surface area contributed by atoms with E-state index in [9.17, 15) is 0 Å². The van der Waals surface area contributed by atoms with E-state index < -0.39 is 0 Å². The predicted octanol–water partition coefficient (Wildman–Crippen LogP) is 2.49. The van der Waals surface area contributed by atoms with Crippen LogP contribution in [0.25, 0.3) is 0 Å². The van der Waals surface area contributed by atoms with Crippen molar-refractivity contribution in [3.8, 4) is 0 Å². The third kappa shape index (κ3) is 1.74. The number of rotatable bonds is 2. The second kappa shape index (κ2) is 3.55. The summed E-state index contributed by atoms with van der Waals surface area (Å²) in [4.78, 5) is 0. The summed E-state index contributed by atoms with van der Waals surface area (Å²) in [5.41, 5.74) is 9.49. The van der Waals surface area contributed by atoms with Crippen molar-refractivity contribution in [1.29, 1.82) is 0 Å². The predicted molar refractivity (Wildman–Crippen MR) is 53.0 cm³/mol. The van der Waals surface area contributed by atoms with Crippen LogP contribution < -0.4 is 5.73 Å². The average Bonchev–Trinajstić information content (AvgIpc) is 2.08. The van der Waals surface area contributed by atoms with E-state index in [1.165, 1.54) is 16.7 Å². The van der Waals surface area contributed by atoms with Gasteiger partial charge in [0.2, 0.25) is 0 Å². The van der Waals surface area contributed by atoms with Crippen molar-refractivity contribution < 1.29 is 0 Å². The molecule has 0 saturated heterocycles. The molecule has 1 heteroatoms. The van der Waals surface area contributed by atoms with E-state index in [0.29, 0.717) is 0 Å². The van der Waals surface area contributed by atoms with Gasteiger partial charge in [-0.3, -0.25) is 0 Å². The van der Waals surface area contributed by atoms with Gasteiger partial charge in [0, 0.05) is 6.04 Å². The SMILES string of the molecule is C=CC(N)c1cc(C)ccc1C. The number of hydrogen-bond donors (Lipinski definition) is 1.